The molecule has 4 aromatic rings. The first-order valence-electron chi connectivity index (χ1n) is 9.54. The maximum atomic E-state index is 13.2. The summed E-state index contributed by atoms with van der Waals surface area (Å²) in [4.78, 5) is 16.4. The number of carbonyl (C=O) groups is 1. The van der Waals surface area contributed by atoms with Crippen LogP contribution >= 0.6 is 0 Å². The van der Waals surface area contributed by atoms with Crippen LogP contribution in [-0.4, -0.2) is 29.1 Å². The molecule has 2 aromatic carbocycles. The highest BCUT2D eigenvalue weighted by Crippen LogP contribution is 2.30. The van der Waals surface area contributed by atoms with E-state index in [4.69, 9.17) is 4.74 Å². The first-order chi connectivity index (χ1) is 14.6. The number of aromatic nitrogens is 2. The van der Waals surface area contributed by atoms with Gasteiger partial charge in [0.15, 0.2) is 0 Å². The van der Waals surface area contributed by atoms with Crippen LogP contribution in [0.25, 0.3) is 28.0 Å². The van der Waals surface area contributed by atoms with E-state index in [1.807, 2.05) is 41.8 Å². The lowest BCUT2D eigenvalue weighted by Gasteiger charge is -2.11. The van der Waals surface area contributed by atoms with Gasteiger partial charge in [-0.25, -0.2) is 14.2 Å². The molecule has 0 fully saturated rings. The molecule has 0 spiro atoms. The van der Waals surface area contributed by atoms with E-state index in [1.165, 1.54) is 12.1 Å². The Labute approximate surface area is 173 Å². The number of nitrogens with zero attached hydrogens (tertiary/aromatic N) is 2. The third kappa shape index (κ3) is 3.96. The number of urea groups is 1. The highest BCUT2D eigenvalue weighted by molar-refractivity contribution is 5.90. The van der Waals surface area contributed by atoms with Crippen molar-refractivity contribution in [3.05, 3.63) is 72.8 Å². The summed E-state index contributed by atoms with van der Waals surface area (Å²) >= 11 is 0. The van der Waals surface area contributed by atoms with Gasteiger partial charge in [-0.1, -0.05) is 12.1 Å². The SMILES string of the molecule is CCNC(=O)Nc1cc(OC)cc(-c2cnc3cc(-c4ccc(F)cc4)ccn23)c1. The number of pyridine rings is 1. The number of benzene rings is 2. The van der Waals surface area contributed by atoms with Gasteiger partial charge in [0.05, 0.1) is 19.0 Å². The minimum absolute atomic E-state index is 0.266. The van der Waals surface area contributed by atoms with E-state index in [0.717, 1.165) is 28.0 Å². The van der Waals surface area contributed by atoms with Gasteiger partial charge < -0.3 is 15.4 Å². The highest BCUT2D eigenvalue weighted by atomic mass is 19.1. The van der Waals surface area contributed by atoms with Gasteiger partial charge in [0.2, 0.25) is 0 Å². The van der Waals surface area contributed by atoms with Gasteiger partial charge in [-0.2, -0.15) is 0 Å². The molecule has 152 valence electrons. The molecule has 2 N–H and O–H groups in total. The number of ether oxygens (including phenoxy) is 1. The first kappa shape index (κ1) is 19.4. The van der Waals surface area contributed by atoms with Crippen molar-refractivity contribution in [2.45, 2.75) is 6.92 Å². The normalized spacial score (nSPS) is 10.8. The molecule has 0 atom stereocenters. The zero-order valence-corrected chi connectivity index (χ0v) is 16.6. The van der Waals surface area contributed by atoms with Crippen molar-refractivity contribution in [1.82, 2.24) is 14.7 Å². The lowest BCUT2D eigenvalue weighted by atomic mass is 10.1. The minimum Gasteiger partial charge on any atom is -0.497 e. The van der Waals surface area contributed by atoms with E-state index in [9.17, 15) is 9.18 Å². The highest BCUT2D eigenvalue weighted by Gasteiger charge is 2.11. The fourth-order valence-corrected chi connectivity index (χ4v) is 3.29. The number of hydrogen-bond donors (Lipinski definition) is 2. The van der Waals surface area contributed by atoms with E-state index < -0.39 is 0 Å². The summed E-state index contributed by atoms with van der Waals surface area (Å²) < 4.78 is 20.6. The summed E-state index contributed by atoms with van der Waals surface area (Å²) in [7, 11) is 1.58. The van der Waals surface area contributed by atoms with Crippen LogP contribution in [-0.2, 0) is 0 Å². The van der Waals surface area contributed by atoms with Crippen LogP contribution in [0, 0.1) is 5.82 Å². The Bertz CT molecular complexity index is 1200. The van der Waals surface area contributed by atoms with Crippen LogP contribution < -0.4 is 15.4 Å². The van der Waals surface area contributed by atoms with Crippen molar-refractivity contribution < 1.29 is 13.9 Å². The summed E-state index contributed by atoms with van der Waals surface area (Å²) in [5, 5.41) is 5.52. The Morgan fingerprint density at radius 2 is 1.87 bits per heavy atom. The van der Waals surface area contributed by atoms with Gasteiger partial charge in [0.1, 0.15) is 17.2 Å². The predicted octanol–water partition coefficient (Wildman–Crippen LogP) is 4.96. The van der Waals surface area contributed by atoms with Gasteiger partial charge in [-0.3, -0.25) is 4.40 Å². The second-order valence-corrected chi connectivity index (χ2v) is 6.73. The van der Waals surface area contributed by atoms with Crippen molar-refractivity contribution in [3.8, 4) is 28.1 Å². The second-order valence-electron chi connectivity index (χ2n) is 6.73. The number of carbonyl (C=O) groups excluding carboxylic acids is 1. The molecule has 30 heavy (non-hydrogen) atoms. The first-order valence-corrected chi connectivity index (χ1v) is 9.54. The number of fused-ring (bicyclic) bond motifs is 1. The average molecular weight is 404 g/mol. The van der Waals surface area contributed by atoms with Gasteiger partial charge in [0.25, 0.3) is 0 Å². The van der Waals surface area contributed by atoms with E-state index >= 15 is 0 Å². The van der Waals surface area contributed by atoms with Crippen LogP contribution in [0.1, 0.15) is 6.92 Å². The molecule has 0 aliphatic carbocycles. The van der Waals surface area contributed by atoms with Crippen LogP contribution in [0.3, 0.4) is 0 Å². The lowest BCUT2D eigenvalue weighted by Crippen LogP contribution is -2.28. The van der Waals surface area contributed by atoms with Crippen molar-refractivity contribution >= 4 is 17.4 Å². The number of halogens is 1. The molecule has 0 saturated carbocycles. The Kier molecular flexibility index (Phi) is 5.34. The zero-order chi connectivity index (χ0) is 21.1. The second kappa shape index (κ2) is 8.24. The standard InChI is InChI=1S/C23H21FN4O2/c1-3-25-23(29)27-19-10-17(11-20(13-19)30-2)21-14-26-22-12-16(8-9-28(21)22)15-4-6-18(24)7-5-15/h4-14H,3H2,1-2H3,(H2,25,27,29). The summed E-state index contributed by atoms with van der Waals surface area (Å²) in [6, 6.07) is 15.5. The maximum absolute atomic E-state index is 13.2. The Morgan fingerprint density at radius 1 is 1.07 bits per heavy atom. The fraction of sp³-hybridized carbons (Fsp3) is 0.130. The molecule has 0 bridgehead atoms. The summed E-state index contributed by atoms with van der Waals surface area (Å²) in [5.74, 6) is 0.357. The molecule has 0 saturated heterocycles. The number of methoxy groups -OCH3 is 1. The molecule has 0 aliphatic heterocycles. The topological polar surface area (TPSA) is 67.7 Å². The predicted molar refractivity (Wildman–Crippen MR) is 115 cm³/mol. The van der Waals surface area contributed by atoms with E-state index in [0.29, 0.717) is 18.0 Å². The quantitative estimate of drug-likeness (QED) is 0.494. The number of imidazole rings is 1. The fourth-order valence-electron chi connectivity index (χ4n) is 3.29. The molecule has 0 aliphatic rings. The van der Waals surface area contributed by atoms with Crippen LogP contribution in [0.4, 0.5) is 14.9 Å². The van der Waals surface area contributed by atoms with Crippen LogP contribution in [0.15, 0.2) is 67.0 Å². The molecule has 6 nitrogen and oxygen atoms in total. The Balaban J connectivity index is 1.72. The summed E-state index contributed by atoms with van der Waals surface area (Å²) in [6.45, 7) is 2.39. The Morgan fingerprint density at radius 3 is 2.60 bits per heavy atom. The van der Waals surface area contributed by atoms with Crippen molar-refractivity contribution in [2.24, 2.45) is 0 Å². The van der Waals surface area contributed by atoms with E-state index in [-0.39, 0.29) is 11.8 Å². The largest absolute Gasteiger partial charge is 0.497 e. The third-order valence-corrected chi connectivity index (χ3v) is 4.72. The van der Waals surface area contributed by atoms with Gasteiger partial charge in [-0.05, 0) is 54.4 Å². The third-order valence-electron chi connectivity index (χ3n) is 4.72. The minimum atomic E-state index is -0.279. The molecule has 0 unspecified atom stereocenters. The zero-order valence-electron chi connectivity index (χ0n) is 16.6. The molecule has 7 heteroatoms. The van der Waals surface area contributed by atoms with Gasteiger partial charge in [-0.15, -0.1) is 0 Å². The molecule has 0 radical (unpaired) electrons. The summed E-state index contributed by atoms with van der Waals surface area (Å²) in [6.07, 6.45) is 3.70. The summed E-state index contributed by atoms with van der Waals surface area (Å²) in [5.41, 5.74) is 4.94. The van der Waals surface area contributed by atoms with Gasteiger partial charge >= 0.3 is 6.03 Å². The smallest absolute Gasteiger partial charge is 0.319 e. The van der Waals surface area contributed by atoms with Crippen molar-refractivity contribution in [1.29, 1.82) is 0 Å². The van der Waals surface area contributed by atoms with Crippen molar-refractivity contribution in [3.63, 3.8) is 0 Å². The molecule has 4 rings (SSSR count). The number of nitrogens with one attached hydrogen (secondary N) is 2. The van der Waals surface area contributed by atoms with E-state index in [2.05, 4.69) is 15.6 Å². The molecule has 2 heterocycles. The monoisotopic (exact) mass is 404 g/mol. The average Bonchev–Trinajstić information content (AvgIpc) is 3.17. The molecule has 2 aromatic heterocycles. The number of rotatable bonds is 5. The number of hydrogen-bond acceptors (Lipinski definition) is 3. The van der Waals surface area contributed by atoms with E-state index in [1.54, 1.807) is 31.5 Å². The molecule has 2 amide bonds. The molecular formula is C23H21FN4O2. The van der Waals surface area contributed by atoms with Crippen LogP contribution in [0.5, 0.6) is 5.75 Å². The Hall–Kier alpha value is -3.87. The lowest BCUT2D eigenvalue weighted by molar-refractivity contribution is 0.252. The number of anilines is 1. The van der Waals surface area contributed by atoms with Crippen molar-refractivity contribution in [2.75, 3.05) is 19.0 Å². The molecular weight excluding hydrogens is 383 g/mol. The van der Waals surface area contributed by atoms with Crippen LogP contribution in [0.2, 0.25) is 0 Å². The maximum Gasteiger partial charge on any atom is 0.319 e. The number of amides is 2. The van der Waals surface area contributed by atoms with Gasteiger partial charge in [0, 0.05) is 30.1 Å².